The second kappa shape index (κ2) is 6.72. The number of hydrogen-bond donors (Lipinski definition) is 2. The van der Waals surface area contributed by atoms with E-state index in [-0.39, 0.29) is 12.5 Å². The van der Waals surface area contributed by atoms with Crippen molar-refractivity contribution in [3.63, 3.8) is 0 Å². The molecule has 0 spiro atoms. The number of carboxylic acid groups (broad SMARTS) is 1. The van der Waals surface area contributed by atoms with Gasteiger partial charge in [0.15, 0.2) is 0 Å². The highest BCUT2D eigenvalue weighted by atomic mass is 32.2. The molecule has 7 heteroatoms. The molecule has 0 aromatic carbocycles. The van der Waals surface area contributed by atoms with Crippen LogP contribution < -0.4 is 5.32 Å². The number of amides is 1. The first-order valence-electron chi connectivity index (χ1n) is 4.96. The number of nitrogens with zero attached hydrogens (tertiary/aromatic N) is 1. The second-order valence-corrected chi connectivity index (χ2v) is 4.39. The first kappa shape index (κ1) is 13.3. The van der Waals surface area contributed by atoms with E-state index in [0.29, 0.717) is 24.8 Å². The van der Waals surface area contributed by atoms with Gasteiger partial charge in [0.2, 0.25) is 5.91 Å². The minimum Gasteiger partial charge on any atom is -0.480 e. The Morgan fingerprint density at radius 2 is 2.38 bits per heavy atom. The summed E-state index contributed by atoms with van der Waals surface area (Å²) in [6.45, 7) is 1.28. The third-order valence-electron chi connectivity index (χ3n) is 2.25. The summed E-state index contributed by atoms with van der Waals surface area (Å²) in [5.74, 6) is -0.176. The highest BCUT2D eigenvalue weighted by Gasteiger charge is 2.33. The van der Waals surface area contributed by atoms with Gasteiger partial charge in [-0.15, -0.1) is 11.8 Å². The molecular formula is C9H16N2O4S. The van der Waals surface area contributed by atoms with Gasteiger partial charge in [0.1, 0.15) is 6.04 Å². The van der Waals surface area contributed by atoms with Crippen LogP contribution >= 0.6 is 11.8 Å². The van der Waals surface area contributed by atoms with Gasteiger partial charge in [-0.1, -0.05) is 0 Å². The van der Waals surface area contributed by atoms with Crippen LogP contribution in [0.25, 0.3) is 0 Å². The van der Waals surface area contributed by atoms with Crippen molar-refractivity contribution >= 4 is 23.6 Å². The molecule has 0 bridgehead atoms. The lowest BCUT2D eigenvalue weighted by molar-refractivity contribution is -0.147. The number of thioether (sulfide) groups is 1. The summed E-state index contributed by atoms with van der Waals surface area (Å²) in [6, 6.07) is -0.679. The van der Waals surface area contributed by atoms with Gasteiger partial charge in [0.05, 0.1) is 19.0 Å². The van der Waals surface area contributed by atoms with Crippen molar-refractivity contribution in [3.05, 3.63) is 0 Å². The summed E-state index contributed by atoms with van der Waals surface area (Å²) in [6.07, 6.45) is 0. The number of carboxylic acids is 1. The Kier molecular flexibility index (Phi) is 5.58. The standard InChI is InChI=1S/C9H16N2O4S/c1-15-3-2-10-4-8(12)11-6-16-5-7(11)9(13)14/h7,10H,2-6H2,1H3,(H,13,14). The normalized spacial score (nSPS) is 20.1. The maximum atomic E-state index is 11.7. The van der Waals surface area contributed by atoms with Crippen LogP contribution in [0.1, 0.15) is 0 Å². The van der Waals surface area contributed by atoms with E-state index in [9.17, 15) is 9.59 Å². The van der Waals surface area contributed by atoms with Crippen LogP contribution in [-0.4, -0.2) is 66.4 Å². The molecule has 1 atom stereocenters. The molecule has 92 valence electrons. The zero-order valence-electron chi connectivity index (χ0n) is 9.14. The van der Waals surface area contributed by atoms with E-state index in [0.717, 1.165) is 0 Å². The fraction of sp³-hybridized carbons (Fsp3) is 0.778. The number of hydrogen-bond acceptors (Lipinski definition) is 5. The molecule has 0 aromatic rings. The van der Waals surface area contributed by atoms with Crippen molar-refractivity contribution in [2.24, 2.45) is 0 Å². The van der Waals surface area contributed by atoms with Gasteiger partial charge in [-0.05, 0) is 0 Å². The van der Waals surface area contributed by atoms with E-state index in [1.807, 2.05) is 0 Å². The molecule has 16 heavy (non-hydrogen) atoms. The smallest absolute Gasteiger partial charge is 0.327 e. The second-order valence-electron chi connectivity index (χ2n) is 3.39. The van der Waals surface area contributed by atoms with Gasteiger partial charge in [-0.2, -0.15) is 0 Å². The number of carbonyl (C=O) groups excluding carboxylic acids is 1. The van der Waals surface area contributed by atoms with Gasteiger partial charge in [-0.3, -0.25) is 4.79 Å². The molecule has 2 N–H and O–H groups in total. The minimum atomic E-state index is -0.935. The summed E-state index contributed by atoms with van der Waals surface area (Å²) in [5, 5.41) is 11.8. The topological polar surface area (TPSA) is 78.9 Å². The fourth-order valence-electron chi connectivity index (χ4n) is 1.36. The minimum absolute atomic E-state index is 0.160. The van der Waals surface area contributed by atoms with Gasteiger partial charge in [0.25, 0.3) is 0 Å². The number of nitrogens with one attached hydrogen (secondary N) is 1. The lowest BCUT2D eigenvalue weighted by Gasteiger charge is -2.20. The molecule has 0 aromatic heterocycles. The maximum Gasteiger partial charge on any atom is 0.327 e. The Morgan fingerprint density at radius 1 is 1.62 bits per heavy atom. The first-order chi connectivity index (χ1) is 7.66. The molecule has 1 fully saturated rings. The lowest BCUT2D eigenvalue weighted by atomic mass is 10.3. The number of methoxy groups -OCH3 is 1. The van der Waals surface area contributed by atoms with Crippen molar-refractivity contribution in [2.45, 2.75) is 6.04 Å². The molecule has 1 heterocycles. The van der Waals surface area contributed by atoms with E-state index >= 15 is 0 Å². The van der Waals surface area contributed by atoms with Crippen LogP contribution in [0.2, 0.25) is 0 Å². The van der Waals surface area contributed by atoms with E-state index in [1.165, 1.54) is 16.7 Å². The molecule has 0 aliphatic carbocycles. The van der Waals surface area contributed by atoms with Crippen LogP contribution in [0.3, 0.4) is 0 Å². The maximum absolute atomic E-state index is 11.7. The summed E-state index contributed by atoms with van der Waals surface area (Å²) >= 11 is 1.46. The van der Waals surface area contributed by atoms with Gasteiger partial charge < -0.3 is 20.1 Å². The quantitative estimate of drug-likeness (QED) is 0.600. The SMILES string of the molecule is COCCNCC(=O)N1CSCC1C(=O)O. The Hall–Kier alpha value is -0.790. The average molecular weight is 248 g/mol. The Morgan fingerprint density at radius 3 is 3.00 bits per heavy atom. The lowest BCUT2D eigenvalue weighted by Crippen LogP contribution is -2.45. The van der Waals surface area contributed by atoms with Crippen LogP contribution in [0, 0.1) is 0 Å². The molecule has 6 nitrogen and oxygen atoms in total. The molecule has 1 amide bonds. The van der Waals surface area contributed by atoms with Gasteiger partial charge >= 0.3 is 5.97 Å². The van der Waals surface area contributed by atoms with E-state index in [2.05, 4.69) is 5.32 Å². The van der Waals surface area contributed by atoms with Crippen LogP contribution in [-0.2, 0) is 14.3 Å². The van der Waals surface area contributed by atoms with Crippen LogP contribution in [0.5, 0.6) is 0 Å². The van der Waals surface area contributed by atoms with Gasteiger partial charge in [0, 0.05) is 19.4 Å². The van der Waals surface area contributed by atoms with Crippen molar-refractivity contribution in [3.8, 4) is 0 Å². The van der Waals surface area contributed by atoms with Crippen molar-refractivity contribution in [1.29, 1.82) is 0 Å². The Bertz CT molecular complexity index is 262. The number of ether oxygens (including phenoxy) is 1. The molecule has 1 unspecified atom stereocenters. The fourth-order valence-corrected chi connectivity index (χ4v) is 2.54. The highest BCUT2D eigenvalue weighted by Crippen LogP contribution is 2.20. The number of carbonyl (C=O) groups is 2. The van der Waals surface area contributed by atoms with Crippen LogP contribution in [0.15, 0.2) is 0 Å². The zero-order valence-corrected chi connectivity index (χ0v) is 9.96. The summed E-state index contributed by atoms with van der Waals surface area (Å²) in [5.41, 5.74) is 0. The number of rotatable bonds is 6. The highest BCUT2D eigenvalue weighted by molar-refractivity contribution is 7.99. The van der Waals surface area contributed by atoms with Crippen molar-refractivity contribution in [1.82, 2.24) is 10.2 Å². The largest absolute Gasteiger partial charge is 0.480 e. The third kappa shape index (κ3) is 3.66. The zero-order chi connectivity index (χ0) is 12.0. The van der Waals surface area contributed by atoms with E-state index in [4.69, 9.17) is 9.84 Å². The molecule has 0 saturated carbocycles. The first-order valence-corrected chi connectivity index (χ1v) is 6.12. The molecule has 1 aliphatic rings. The molecule has 0 radical (unpaired) electrons. The summed E-state index contributed by atoms with van der Waals surface area (Å²) < 4.78 is 4.82. The summed E-state index contributed by atoms with van der Waals surface area (Å²) in [4.78, 5) is 23.9. The van der Waals surface area contributed by atoms with Gasteiger partial charge in [-0.25, -0.2) is 4.79 Å². The summed E-state index contributed by atoms with van der Waals surface area (Å²) in [7, 11) is 1.58. The molecular weight excluding hydrogens is 232 g/mol. The molecule has 1 aliphatic heterocycles. The number of aliphatic carboxylic acids is 1. The van der Waals surface area contributed by atoms with Crippen LogP contribution in [0.4, 0.5) is 0 Å². The molecule has 1 rings (SSSR count). The Balaban J connectivity index is 2.32. The monoisotopic (exact) mass is 248 g/mol. The predicted octanol–water partition coefficient (Wildman–Crippen LogP) is -0.791. The average Bonchev–Trinajstić information content (AvgIpc) is 2.73. The van der Waals surface area contributed by atoms with E-state index < -0.39 is 12.0 Å². The van der Waals surface area contributed by atoms with E-state index in [1.54, 1.807) is 7.11 Å². The van der Waals surface area contributed by atoms with Crippen molar-refractivity contribution in [2.75, 3.05) is 38.4 Å². The Labute approximate surface area is 98.3 Å². The third-order valence-corrected chi connectivity index (χ3v) is 3.26. The molecule has 1 saturated heterocycles. The van der Waals surface area contributed by atoms with Crippen molar-refractivity contribution < 1.29 is 19.4 Å². The predicted molar refractivity (Wildman–Crippen MR) is 60.3 cm³/mol.